The van der Waals surface area contributed by atoms with Crippen molar-refractivity contribution in [3.8, 4) is 11.5 Å². The third-order valence-corrected chi connectivity index (χ3v) is 6.04. The number of aromatic amines is 1. The summed E-state index contributed by atoms with van der Waals surface area (Å²) in [7, 11) is 2.89. The molecular weight excluding hydrogens is 432 g/mol. The predicted octanol–water partition coefficient (Wildman–Crippen LogP) is 3.83. The SMILES string of the molecule is CCOc1ccc(C2c3[nH]c4ccccc4c3C[C@@H](C(=O)OC)N2C(=O)CCl)cc1OC. The summed E-state index contributed by atoms with van der Waals surface area (Å²) in [5, 5.41) is 1.01. The van der Waals surface area contributed by atoms with Crippen LogP contribution in [0.3, 0.4) is 0 Å². The highest BCUT2D eigenvalue weighted by molar-refractivity contribution is 6.27. The summed E-state index contributed by atoms with van der Waals surface area (Å²) in [5.74, 6) is 0.0476. The molecule has 2 aromatic carbocycles. The van der Waals surface area contributed by atoms with Gasteiger partial charge in [-0.2, -0.15) is 0 Å². The molecule has 2 atom stereocenters. The molecule has 32 heavy (non-hydrogen) atoms. The highest BCUT2D eigenvalue weighted by Gasteiger charge is 2.44. The van der Waals surface area contributed by atoms with Crippen LogP contribution in [-0.4, -0.2) is 54.5 Å². The zero-order valence-corrected chi connectivity index (χ0v) is 18.9. The number of amides is 1. The number of ether oxygens (including phenoxy) is 3. The average Bonchev–Trinajstić information content (AvgIpc) is 3.20. The van der Waals surface area contributed by atoms with E-state index in [4.69, 9.17) is 25.8 Å². The summed E-state index contributed by atoms with van der Waals surface area (Å²) < 4.78 is 16.3. The molecule has 0 bridgehead atoms. The normalized spacial score (nSPS) is 17.7. The van der Waals surface area contributed by atoms with E-state index in [0.717, 1.165) is 27.7 Å². The minimum Gasteiger partial charge on any atom is -0.493 e. The van der Waals surface area contributed by atoms with Crippen molar-refractivity contribution in [2.75, 3.05) is 26.7 Å². The summed E-state index contributed by atoms with van der Waals surface area (Å²) in [4.78, 5) is 30.8. The van der Waals surface area contributed by atoms with Crippen LogP contribution in [0.15, 0.2) is 42.5 Å². The van der Waals surface area contributed by atoms with Crippen LogP contribution in [0.25, 0.3) is 10.9 Å². The van der Waals surface area contributed by atoms with Gasteiger partial charge in [0.1, 0.15) is 11.9 Å². The van der Waals surface area contributed by atoms with Crippen LogP contribution in [0.4, 0.5) is 0 Å². The van der Waals surface area contributed by atoms with Gasteiger partial charge >= 0.3 is 5.97 Å². The number of nitrogens with one attached hydrogen (secondary N) is 1. The second-order valence-corrected chi connectivity index (χ2v) is 7.75. The lowest BCUT2D eigenvalue weighted by atomic mass is 9.87. The molecule has 3 aromatic rings. The Bertz CT molecular complexity index is 1160. The van der Waals surface area contributed by atoms with E-state index >= 15 is 0 Å². The number of alkyl halides is 1. The maximum absolute atomic E-state index is 13.0. The van der Waals surface area contributed by atoms with Crippen LogP contribution in [-0.2, 0) is 20.7 Å². The van der Waals surface area contributed by atoms with Crippen LogP contribution in [0, 0.1) is 0 Å². The molecule has 0 saturated carbocycles. The van der Waals surface area contributed by atoms with Gasteiger partial charge in [-0.1, -0.05) is 24.3 Å². The molecule has 7 nitrogen and oxygen atoms in total. The Balaban J connectivity index is 1.96. The van der Waals surface area contributed by atoms with Gasteiger partial charge in [0.15, 0.2) is 11.5 Å². The number of halogens is 1. The summed E-state index contributed by atoms with van der Waals surface area (Å²) in [6, 6.07) is 12.0. The molecule has 4 rings (SSSR count). The Morgan fingerprint density at radius 3 is 2.62 bits per heavy atom. The van der Waals surface area contributed by atoms with E-state index in [1.165, 1.54) is 12.0 Å². The molecule has 1 N–H and O–H groups in total. The van der Waals surface area contributed by atoms with Crippen molar-refractivity contribution in [1.29, 1.82) is 0 Å². The molecule has 8 heteroatoms. The van der Waals surface area contributed by atoms with Gasteiger partial charge in [0.25, 0.3) is 0 Å². The molecule has 2 heterocycles. The summed E-state index contributed by atoms with van der Waals surface area (Å²) in [6.07, 6.45) is 0.333. The molecule has 1 aliphatic heterocycles. The number of carbonyl (C=O) groups is 2. The van der Waals surface area contributed by atoms with Gasteiger partial charge in [-0.3, -0.25) is 4.79 Å². The highest BCUT2D eigenvalue weighted by Crippen LogP contribution is 2.43. The standard InChI is InChI=1S/C24H25ClN2O5/c1-4-32-19-10-9-14(11-20(19)30-2)23-22-16(15-7-5-6-8-17(15)26-22)12-18(24(29)31-3)27(23)21(28)13-25/h5-11,18,23,26H,4,12-13H2,1-3H3/t18-,23?/m0/s1. The number of fused-ring (bicyclic) bond motifs is 3. The number of methoxy groups -OCH3 is 2. The van der Waals surface area contributed by atoms with Crippen molar-refractivity contribution in [2.24, 2.45) is 0 Å². The Hall–Kier alpha value is -3.19. The van der Waals surface area contributed by atoms with Crippen molar-refractivity contribution < 1.29 is 23.8 Å². The van der Waals surface area contributed by atoms with E-state index in [2.05, 4.69) is 4.98 Å². The van der Waals surface area contributed by atoms with Crippen LogP contribution >= 0.6 is 11.6 Å². The molecule has 1 aromatic heterocycles. The molecule has 0 aliphatic carbocycles. The molecule has 0 radical (unpaired) electrons. The second-order valence-electron chi connectivity index (χ2n) is 7.49. The molecule has 0 saturated heterocycles. The van der Waals surface area contributed by atoms with Crippen molar-refractivity contribution in [3.05, 3.63) is 59.3 Å². The molecule has 0 fully saturated rings. The topological polar surface area (TPSA) is 80.9 Å². The fraction of sp³-hybridized carbons (Fsp3) is 0.333. The third kappa shape index (κ3) is 3.66. The Kier molecular flexibility index (Phi) is 6.28. The first-order chi connectivity index (χ1) is 15.5. The number of hydrogen-bond acceptors (Lipinski definition) is 5. The lowest BCUT2D eigenvalue weighted by molar-refractivity contribution is -0.154. The van der Waals surface area contributed by atoms with Crippen LogP contribution in [0.5, 0.6) is 11.5 Å². The number of hydrogen-bond donors (Lipinski definition) is 1. The lowest BCUT2D eigenvalue weighted by Crippen LogP contribution is -2.52. The maximum Gasteiger partial charge on any atom is 0.328 e. The first kappa shape index (κ1) is 22.0. The van der Waals surface area contributed by atoms with Crippen LogP contribution in [0.2, 0.25) is 0 Å². The smallest absolute Gasteiger partial charge is 0.328 e. The van der Waals surface area contributed by atoms with Crippen LogP contribution < -0.4 is 9.47 Å². The molecule has 1 aliphatic rings. The van der Waals surface area contributed by atoms with E-state index in [1.54, 1.807) is 7.11 Å². The number of H-pyrrole nitrogens is 1. The van der Waals surface area contributed by atoms with Gasteiger partial charge in [-0.05, 0) is 36.2 Å². The van der Waals surface area contributed by atoms with Gasteiger partial charge in [0, 0.05) is 23.0 Å². The fourth-order valence-electron chi connectivity index (χ4n) is 4.46. The zero-order valence-electron chi connectivity index (χ0n) is 18.2. The van der Waals surface area contributed by atoms with Gasteiger partial charge in [-0.15, -0.1) is 11.6 Å². The van der Waals surface area contributed by atoms with Crippen LogP contribution in [0.1, 0.15) is 29.8 Å². The second kappa shape index (κ2) is 9.12. The third-order valence-electron chi connectivity index (χ3n) is 5.81. The first-order valence-corrected chi connectivity index (χ1v) is 10.9. The van der Waals surface area contributed by atoms with E-state index < -0.39 is 18.1 Å². The number of aromatic nitrogens is 1. The fourth-order valence-corrected chi connectivity index (χ4v) is 4.60. The van der Waals surface area contributed by atoms with Crippen molar-refractivity contribution in [3.63, 3.8) is 0 Å². The molecule has 168 valence electrons. The van der Waals surface area contributed by atoms with Gasteiger partial charge in [0.05, 0.1) is 26.9 Å². The number of carbonyl (C=O) groups excluding carboxylic acids is 2. The molecular formula is C24H25ClN2O5. The Morgan fingerprint density at radius 1 is 1.16 bits per heavy atom. The number of rotatable bonds is 6. The van der Waals surface area contributed by atoms with E-state index in [1.807, 2.05) is 49.4 Å². The van der Waals surface area contributed by atoms with Crippen molar-refractivity contribution in [2.45, 2.75) is 25.4 Å². The predicted molar refractivity (Wildman–Crippen MR) is 121 cm³/mol. The Labute approximate surface area is 191 Å². The minimum atomic E-state index is -0.805. The molecule has 1 amide bonds. The number of nitrogens with zero attached hydrogens (tertiary/aromatic N) is 1. The zero-order chi connectivity index (χ0) is 22.8. The van der Waals surface area contributed by atoms with E-state index in [0.29, 0.717) is 24.5 Å². The molecule has 0 spiro atoms. The lowest BCUT2D eigenvalue weighted by Gasteiger charge is -2.40. The summed E-state index contributed by atoms with van der Waals surface area (Å²) in [5.41, 5.74) is 3.53. The first-order valence-electron chi connectivity index (χ1n) is 10.4. The number of esters is 1. The minimum absolute atomic E-state index is 0.256. The number of benzene rings is 2. The Morgan fingerprint density at radius 2 is 1.94 bits per heavy atom. The molecule has 1 unspecified atom stereocenters. The quantitative estimate of drug-likeness (QED) is 0.450. The summed E-state index contributed by atoms with van der Waals surface area (Å²) >= 11 is 5.98. The van der Waals surface area contributed by atoms with Crippen molar-refractivity contribution >= 4 is 34.4 Å². The average molecular weight is 457 g/mol. The van der Waals surface area contributed by atoms with Crippen molar-refractivity contribution in [1.82, 2.24) is 9.88 Å². The van der Waals surface area contributed by atoms with Gasteiger partial charge in [-0.25, -0.2) is 4.79 Å². The van der Waals surface area contributed by atoms with E-state index in [-0.39, 0.29) is 11.8 Å². The largest absolute Gasteiger partial charge is 0.493 e. The maximum atomic E-state index is 13.0. The van der Waals surface area contributed by atoms with Gasteiger partial charge < -0.3 is 24.1 Å². The number of para-hydroxylation sites is 1. The highest BCUT2D eigenvalue weighted by atomic mass is 35.5. The summed E-state index contributed by atoms with van der Waals surface area (Å²) in [6.45, 7) is 2.39. The van der Waals surface area contributed by atoms with E-state index in [9.17, 15) is 9.59 Å². The van der Waals surface area contributed by atoms with Gasteiger partial charge in [0.2, 0.25) is 5.91 Å². The monoisotopic (exact) mass is 456 g/mol.